The molecule has 1 heterocycles. The standard InChI is InChI=1S/C12H23N3/c1-4-5-6-12(3)13-7-8-15-10-11(2)9-14-15/h9-10,12-13H,4-8H2,1-3H3. The van der Waals surface area contributed by atoms with Gasteiger partial charge in [-0.1, -0.05) is 19.8 Å². The van der Waals surface area contributed by atoms with Crippen LogP contribution in [0.15, 0.2) is 12.4 Å². The van der Waals surface area contributed by atoms with Crippen LogP contribution >= 0.6 is 0 Å². The van der Waals surface area contributed by atoms with Gasteiger partial charge in [-0.15, -0.1) is 0 Å². The third-order valence-electron chi connectivity index (χ3n) is 2.59. The molecule has 0 aliphatic carbocycles. The van der Waals surface area contributed by atoms with Crippen LogP contribution in [0.2, 0.25) is 0 Å². The van der Waals surface area contributed by atoms with Crippen LogP contribution in [-0.4, -0.2) is 22.4 Å². The smallest absolute Gasteiger partial charge is 0.0534 e. The zero-order valence-corrected chi connectivity index (χ0v) is 10.2. The molecule has 0 aliphatic heterocycles. The number of hydrogen-bond donors (Lipinski definition) is 1. The van der Waals surface area contributed by atoms with E-state index < -0.39 is 0 Å². The highest BCUT2D eigenvalue weighted by atomic mass is 15.3. The minimum Gasteiger partial charge on any atom is -0.312 e. The molecule has 0 aromatic carbocycles. The van der Waals surface area contributed by atoms with Gasteiger partial charge in [-0.2, -0.15) is 5.10 Å². The number of rotatable bonds is 7. The largest absolute Gasteiger partial charge is 0.312 e. The third-order valence-corrected chi connectivity index (χ3v) is 2.59. The summed E-state index contributed by atoms with van der Waals surface area (Å²) in [6.07, 6.45) is 7.85. The lowest BCUT2D eigenvalue weighted by atomic mass is 10.1. The van der Waals surface area contributed by atoms with E-state index in [0.717, 1.165) is 13.1 Å². The fourth-order valence-electron chi connectivity index (χ4n) is 1.63. The van der Waals surface area contributed by atoms with Gasteiger partial charge >= 0.3 is 0 Å². The highest BCUT2D eigenvalue weighted by Crippen LogP contribution is 1.99. The number of aromatic nitrogens is 2. The molecule has 1 N–H and O–H groups in total. The Labute approximate surface area is 92.9 Å². The second-order valence-corrected chi connectivity index (χ2v) is 4.28. The van der Waals surface area contributed by atoms with Crippen LogP contribution in [0, 0.1) is 6.92 Å². The molecule has 1 aromatic heterocycles. The van der Waals surface area contributed by atoms with E-state index in [0.29, 0.717) is 6.04 Å². The number of unbranched alkanes of at least 4 members (excludes halogenated alkanes) is 1. The first-order valence-corrected chi connectivity index (χ1v) is 5.94. The van der Waals surface area contributed by atoms with Crippen molar-refractivity contribution in [3.8, 4) is 0 Å². The molecule has 1 aromatic rings. The highest BCUT2D eigenvalue weighted by molar-refractivity contribution is 4.99. The van der Waals surface area contributed by atoms with Crippen molar-refractivity contribution in [1.82, 2.24) is 15.1 Å². The molecule has 1 unspecified atom stereocenters. The van der Waals surface area contributed by atoms with E-state index >= 15 is 0 Å². The molecular formula is C12H23N3. The molecule has 3 nitrogen and oxygen atoms in total. The van der Waals surface area contributed by atoms with Crippen LogP contribution in [-0.2, 0) is 6.54 Å². The SMILES string of the molecule is CCCCC(C)NCCn1cc(C)cn1. The fraction of sp³-hybridized carbons (Fsp3) is 0.750. The minimum absolute atomic E-state index is 0.626. The average Bonchev–Trinajstić information content (AvgIpc) is 2.61. The molecule has 86 valence electrons. The zero-order valence-electron chi connectivity index (χ0n) is 10.2. The Morgan fingerprint density at radius 2 is 2.33 bits per heavy atom. The van der Waals surface area contributed by atoms with Gasteiger partial charge in [0.15, 0.2) is 0 Å². The van der Waals surface area contributed by atoms with Gasteiger partial charge in [-0.25, -0.2) is 0 Å². The van der Waals surface area contributed by atoms with Crippen LogP contribution in [0.5, 0.6) is 0 Å². The number of nitrogens with zero attached hydrogens (tertiary/aromatic N) is 2. The van der Waals surface area contributed by atoms with Crippen molar-refractivity contribution >= 4 is 0 Å². The third kappa shape index (κ3) is 4.98. The second-order valence-electron chi connectivity index (χ2n) is 4.28. The quantitative estimate of drug-likeness (QED) is 0.747. The Hall–Kier alpha value is -0.830. The van der Waals surface area contributed by atoms with Crippen molar-refractivity contribution < 1.29 is 0 Å². The summed E-state index contributed by atoms with van der Waals surface area (Å²) in [5.74, 6) is 0. The molecule has 0 saturated carbocycles. The molecule has 1 atom stereocenters. The van der Waals surface area contributed by atoms with Gasteiger partial charge in [0.25, 0.3) is 0 Å². The van der Waals surface area contributed by atoms with Crippen molar-refractivity contribution in [2.45, 2.75) is 52.6 Å². The highest BCUT2D eigenvalue weighted by Gasteiger charge is 2.00. The molecule has 1 rings (SSSR count). The predicted octanol–water partition coefficient (Wildman–Crippen LogP) is 2.36. The molecule has 0 saturated heterocycles. The summed E-state index contributed by atoms with van der Waals surface area (Å²) in [7, 11) is 0. The van der Waals surface area contributed by atoms with Gasteiger partial charge in [0.1, 0.15) is 0 Å². The first-order valence-electron chi connectivity index (χ1n) is 5.94. The van der Waals surface area contributed by atoms with Crippen LogP contribution in [0.25, 0.3) is 0 Å². The van der Waals surface area contributed by atoms with E-state index in [1.54, 1.807) is 0 Å². The minimum atomic E-state index is 0.626. The molecule has 0 aliphatic rings. The maximum absolute atomic E-state index is 4.25. The molecule has 3 heteroatoms. The fourth-order valence-corrected chi connectivity index (χ4v) is 1.63. The summed E-state index contributed by atoms with van der Waals surface area (Å²) in [5, 5.41) is 7.77. The molecule has 0 fully saturated rings. The molecule has 0 bridgehead atoms. The van der Waals surface area contributed by atoms with E-state index in [1.165, 1.54) is 24.8 Å². The van der Waals surface area contributed by atoms with E-state index in [2.05, 4.69) is 37.4 Å². The van der Waals surface area contributed by atoms with Crippen LogP contribution in [0.1, 0.15) is 38.7 Å². The lowest BCUT2D eigenvalue weighted by Gasteiger charge is -2.12. The average molecular weight is 209 g/mol. The maximum Gasteiger partial charge on any atom is 0.0534 e. The molecule has 15 heavy (non-hydrogen) atoms. The van der Waals surface area contributed by atoms with Gasteiger partial charge in [0, 0.05) is 18.8 Å². The summed E-state index contributed by atoms with van der Waals surface area (Å²) in [6.45, 7) is 8.53. The van der Waals surface area contributed by atoms with Crippen LogP contribution in [0.3, 0.4) is 0 Å². The zero-order chi connectivity index (χ0) is 11.1. The molecule has 0 amide bonds. The van der Waals surface area contributed by atoms with Gasteiger partial charge in [0.2, 0.25) is 0 Å². The van der Waals surface area contributed by atoms with Crippen molar-refractivity contribution in [3.05, 3.63) is 18.0 Å². The lowest BCUT2D eigenvalue weighted by molar-refractivity contribution is 0.464. The predicted molar refractivity (Wildman–Crippen MR) is 64.0 cm³/mol. The molecule has 0 radical (unpaired) electrons. The normalized spacial score (nSPS) is 13.0. The van der Waals surface area contributed by atoms with E-state index in [-0.39, 0.29) is 0 Å². The first-order chi connectivity index (χ1) is 7.22. The van der Waals surface area contributed by atoms with Gasteiger partial charge < -0.3 is 5.32 Å². The summed E-state index contributed by atoms with van der Waals surface area (Å²) >= 11 is 0. The van der Waals surface area contributed by atoms with Gasteiger partial charge in [-0.05, 0) is 25.8 Å². The number of nitrogens with one attached hydrogen (secondary N) is 1. The summed E-state index contributed by atoms with van der Waals surface area (Å²) in [4.78, 5) is 0. The topological polar surface area (TPSA) is 29.9 Å². The van der Waals surface area contributed by atoms with Crippen molar-refractivity contribution in [3.63, 3.8) is 0 Å². The molecular weight excluding hydrogens is 186 g/mol. The Morgan fingerprint density at radius 3 is 2.93 bits per heavy atom. The van der Waals surface area contributed by atoms with Gasteiger partial charge in [-0.3, -0.25) is 4.68 Å². The molecule has 0 spiro atoms. The van der Waals surface area contributed by atoms with Crippen LogP contribution in [0.4, 0.5) is 0 Å². The van der Waals surface area contributed by atoms with Gasteiger partial charge in [0.05, 0.1) is 12.7 Å². The van der Waals surface area contributed by atoms with E-state index in [4.69, 9.17) is 0 Å². The Kier molecular flexibility index (Phi) is 5.40. The van der Waals surface area contributed by atoms with Crippen molar-refractivity contribution in [2.24, 2.45) is 0 Å². The van der Waals surface area contributed by atoms with Crippen molar-refractivity contribution in [1.29, 1.82) is 0 Å². The summed E-state index contributed by atoms with van der Waals surface area (Å²) in [5.41, 5.74) is 1.23. The first kappa shape index (κ1) is 12.2. The Balaban J connectivity index is 2.10. The monoisotopic (exact) mass is 209 g/mol. The van der Waals surface area contributed by atoms with Crippen LogP contribution < -0.4 is 5.32 Å². The Morgan fingerprint density at radius 1 is 1.53 bits per heavy atom. The lowest BCUT2D eigenvalue weighted by Crippen LogP contribution is -2.29. The summed E-state index contributed by atoms with van der Waals surface area (Å²) < 4.78 is 1.99. The number of aryl methyl sites for hydroxylation is 1. The maximum atomic E-state index is 4.25. The van der Waals surface area contributed by atoms with Crippen molar-refractivity contribution in [2.75, 3.05) is 6.54 Å². The number of hydrogen-bond acceptors (Lipinski definition) is 2. The van der Waals surface area contributed by atoms with E-state index in [9.17, 15) is 0 Å². The van der Waals surface area contributed by atoms with E-state index in [1.807, 2.05) is 10.9 Å². The Bertz CT molecular complexity index is 268. The second kappa shape index (κ2) is 6.62. The summed E-state index contributed by atoms with van der Waals surface area (Å²) in [6, 6.07) is 0.626.